The predicted octanol–water partition coefficient (Wildman–Crippen LogP) is 0.662. The Kier molecular flexibility index (Phi) is 2.66. The molecule has 0 amide bonds. The zero-order chi connectivity index (χ0) is 9.10. The fourth-order valence-corrected chi connectivity index (χ4v) is 1.88. The van der Waals surface area contributed by atoms with Gasteiger partial charge in [-0.3, -0.25) is 4.90 Å². The maximum Gasteiger partial charge on any atom is 0.111 e. The van der Waals surface area contributed by atoms with Crippen molar-refractivity contribution in [3.63, 3.8) is 0 Å². The van der Waals surface area contributed by atoms with Crippen molar-refractivity contribution in [2.24, 2.45) is 0 Å². The van der Waals surface area contributed by atoms with Crippen molar-refractivity contribution < 1.29 is 5.11 Å². The van der Waals surface area contributed by atoms with Crippen LogP contribution in [0.25, 0.3) is 0 Å². The Morgan fingerprint density at radius 2 is 2.15 bits per heavy atom. The van der Waals surface area contributed by atoms with E-state index in [0.29, 0.717) is 11.8 Å². The van der Waals surface area contributed by atoms with Crippen LogP contribution in [0.3, 0.4) is 0 Å². The van der Waals surface area contributed by atoms with Crippen LogP contribution < -0.4 is 5.32 Å². The standard InChI is InChI=1S/C10H16N2O/c13-10-3-1-9(2-4-10)12-7-5-11-6-8-12/h1,3-4,9,11,13H,2,5-8H2. The lowest BCUT2D eigenvalue weighted by molar-refractivity contribution is 0.200. The van der Waals surface area contributed by atoms with Gasteiger partial charge in [0.15, 0.2) is 0 Å². The van der Waals surface area contributed by atoms with Gasteiger partial charge >= 0.3 is 0 Å². The number of nitrogens with zero attached hydrogens (tertiary/aromatic N) is 1. The molecule has 1 fully saturated rings. The van der Waals surface area contributed by atoms with E-state index in [4.69, 9.17) is 5.11 Å². The number of hydrogen-bond acceptors (Lipinski definition) is 3. The van der Waals surface area contributed by atoms with E-state index < -0.39 is 0 Å². The number of nitrogens with one attached hydrogen (secondary N) is 1. The van der Waals surface area contributed by atoms with Crippen LogP contribution in [0.2, 0.25) is 0 Å². The average Bonchev–Trinajstić information content (AvgIpc) is 2.20. The third kappa shape index (κ3) is 2.11. The van der Waals surface area contributed by atoms with Gasteiger partial charge in [-0.25, -0.2) is 0 Å². The van der Waals surface area contributed by atoms with Crippen LogP contribution in [-0.4, -0.2) is 42.2 Å². The van der Waals surface area contributed by atoms with Crippen LogP contribution in [0.5, 0.6) is 0 Å². The molecule has 72 valence electrons. The zero-order valence-corrected chi connectivity index (χ0v) is 7.74. The van der Waals surface area contributed by atoms with Crippen LogP contribution in [0.1, 0.15) is 6.42 Å². The first-order valence-electron chi connectivity index (χ1n) is 4.88. The molecule has 1 atom stereocenters. The minimum Gasteiger partial charge on any atom is -0.508 e. The summed E-state index contributed by atoms with van der Waals surface area (Å²) in [6.45, 7) is 4.40. The molecule has 0 spiro atoms. The maximum absolute atomic E-state index is 9.17. The van der Waals surface area contributed by atoms with Gasteiger partial charge in [0.25, 0.3) is 0 Å². The molecule has 0 bridgehead atoms. The van der Waals surface area contributed by atoms with Crippen LogP contribution in [0.4, 0.5) is 0 Å². The number of aliphatic hydroxyl groups excluding tert-OH is 1. The van der Waals surface area contributed by atoms with Crippen LogP contribution in [0, 0.1) is 0 Å². The lowest BCUT2D eigenvalue weighted by atomic mass is 10.1. The molecule has 2 N–H and O–H groups in total. The summed E-state index contributed by atoms with van der Waals surface area (Å²) in [5.74, 6) is 0.409. The van der Waals surface area contributed by atoms with Gasteiger partial charge in [0.1, 0.15) is 5.76 Å². The molecule has 2 rings (SSSR count). The molecule has 0 aromatic rings. The van der Waals surface area contributed by atoms with E-state index in [0.717, 1.165) is 32.6 Å². The fourth-order valence-electron chi connectivity index (χ4n) is 1.88. The highest BCUT2D eigenvalue weighted by molar-refractivity contribution is 5.19. The topological polar surface area (TPSA) is 35.5 Å². The van der Waals surface area contributed by atoms with Gasteiger partial charge in [-0.2, -0.15) is 0 Å². The molecule has 13 heavy (non-hydrogen) atoms. The number of hydrogen-bond donors (Lipinski definition) is 2. The van der Waals surface area contributed by atoms with Gasteiger partial charge < -0.3 is 10.4 Å². The first-order chi connectivity index (χ1) is 6.36. The van der Waals surface area contributed by atoms with Gasteiger partial charge in [-0.05, 0) is 18.6 Å². The van der Waals surface area contributed by atoms with Gasteiger partial charge in [0.2, 0.25) is 0 Å². The second kappa shape index (κ2) is 3.94. The lowest BCUT2D eigenvalue weighted by Crippen LogP contribution is -2.47. The van der Waals surface area contributed by atoms with Crippen molar-refractivity contribution in [1.29, 1.82) is 0 Å². The van der Waals surface area contributed by atoms with Crippen LogP contribution >= 0.6 is 0 Å². The van der Waals surface area contributed by atoms with Crippen molar-refractivity contribution in [2.45, 2.75) is 12.5 Å². The minimum atomic E-state index is 0.409. The molecule has 0 aromatic carbocycles. The van der Waals surface area contributed by atoms with Gasteiger partial charge in [0, 0.05) is 32.2 Å². The second-order valence-corrected chi connectivity index (χ2v) is 3.58. The first kappa shape index (κ1) is 8.78. The second-order valence-electron chi connectivity index (χ2n) is 3.58. The largest absolute Gasteiger partial charge is 0.508 e. The smallest absolute Gasteiger partial charge is 0.111 e. The predicted molar refractivity (Wildman–Crippen MR) is 52.7 cm³/mol. The number of allylic oxidation sites excluding steroid dienone is 1. The summed E-state index contributed by atoms with van der Waals surface area (Å²) in [4.78, 5) is 2.45. The highest BCUT2D eigenvalue weighted by atomic mass is 16.3. The van der Waals surface area contributed by atoms with Crippen molar-refractivity contribution >= 4 is 0 Å². The van der Waals surface area contributed by atoms with E-state index >= 15 is 0 Å². The average molecular weight is 180 g/mol. The summed E-state index contributed by atoms with van der Waals surface area (Å²) < 4.78 is 0. The van der Waals surface area contributed by atoms with E-state index in [1.807, 2.05) is 6.08 Å². The lowest BCUT2D eigenvalue weighted by Gasteiger charge is -2.33. The van der Waals surface area contributed by atoms with E-state index in [9.17, 15) is 0 Å². The van der Waals surface area contributed by atoms with Crippen molar-refractivity contribution in [3.8, 4) is 0 Å². The molecular formula is C10H16N2O. The van der Waals surface area contributed by atoms with Crippen LogP contribution in [-0.2, 0) is 0 Å². The molecule has 2 aliphatic rings. The van der Waals surface area contributed by atoms with Gasteiger partial charge in [-0.15, -0.1) is 0 Å². The Balaban J connectivity index is 1.91. The SMILES string of the molecule is OC1=CCC(N2CCNCC2)C=C1. The summed E-state index contributed by atoms with van der Waals surface area (Å²) in [6.07, 6.45) is 6.74. The van der Waals surface area contributed by atoms with E-state index in [-0.39, 0.29) is 0 Å². The Hall–Kier alpha value is -0.800. The minimum absolute atomic E-state index is 0.409. The quantitative estimate of drug-likeness (QED) is 0.622. The van der Waals surface area contributed by atoms with Crippen molar-refractivity contribution in [2.75, 3.05) is 26.2 Å². The molecule has 1 unspecified atom stereocenters. The molecule has 0 radical (unpaired) electrons. The Labute approximate surface area is 78.7 Å². The molecule has 1 saturated heterocycles. The van der Waals surface area contributed by atoms with E-state index in [1.54, 1.807) is 6.08 Å². The molecule has 0 saturated carbocycles. The summed E-state index contributed by atoms with van der Waals surface area (Å²) in [7, 11) is 0. The van der Waals surface area contributed by atoms with Gasteiger partial charge in [-0.1, -0.05) is 6.08 Å². The molecule has 1 aliphatic carbocycles. The molecule has 3 heteroatoms. The summed E-state index contributed by atoms with van der Waals surface area (Å²) in [5.41, 5.74) is 0. The monoisotopic (exact) mass is 180 g/mol. The van der Waals surface area contributed by atoms with E-state index in [2.05, 4.69) is 16.3 Å². The third-order valence-corrected chi connectivity index (χ3v) is 2.68. The first-order valence-corrected chi connectivity index (χ1v) is 4.88. The summed E-state index contributed by atoms with van der Waals surface area (Å²) >= 11 is 0. The highest BCUT2D eigenvalue weighted by Crippen LogP contribution is 2.14. The molecular weight excluding hydrogens is 164 g/mol. The molecule has 0 aromatic heterocycles. The third-order valence-electron chi connectivity index (χ3n) is 2.68. The van der Waals surface area contributed by atoms with Crippen molar-refractivity contribution in [1.82, 2.24) is 10.2 Å². The molecule has 3 nitrogen and oxygen atoms in total. The van der Waals surface area contributed by atoms with Crippen LogP contribution in [0.15, 0.2) is 24.0 Å². The normalized spacial score (nSPS) is 30.2. The highest BCUT2D eigenvalue weighted by Gasteiger charge is 2.18. The Morgan fingerprint density at radius 1 is 1.38 bits per heavy atom. The Bertz CT molecular complexity index is 229. The summed E-state index contributed by atoms with van der Waals surface area (Å²) in [5, 5.41) is 12.5. The fraction of sp³-hybridized carbons (Fsp3) is 0.600. The molecule has 1 heterocycles. The summed E-state index contributed by atoms with van der Waals surface area (Å²) in [6, 6.07) is 0.498. The maximum atomic E-state index is 9.17. The number of aliphatic hydroxyl groups is 1. The van der Waals surface area contributed by atoms with Crippen molar-refractivity contribution in [3.05, 3.63) is 24.0 Å². The number of piperazine rings is 1. The van der Waals surface area contributed by atoms with E-state index in [1.165, 1.54) is 0 Å². The number of rotatable bonds is 1. The zero-order valence-electron chi connectivity index (χ0n) is 7.74. The van der Waals surface area contributed by atoms with Gasteiger partial charge in [0.05, 0.1) is 0 Å². The Morgan fingerprint density at radius 3 is 2.77 bits per heavy atom. The molecule has 1 aliphatic heterocycles.